The summed E-state index contributed by atoms with van der Waals surface area (Å²) in [5.41, 5.74) is 2.04. The second-order valence-electron chi connectivity index (χ2n) is 5.09. The van der Waals surface area contributed by atoms with Crippen LogP contribution >= 0.6 is 11.8 Å². The molecule has 2 N–H and O–H groups in total. The summed E-state index contributed by atoms with van der Waals surface area (Å²) in [5.74, 6) is 1.43. The molecule has 1 aromatic rings. The summed E-state index contributed by atoms with van der Waals surface area (Å²) < 4.78 is 0. The van der Waals surface area contributed by atoms with Crippen LogP contribution in [0.4, 0.5) is 5.69 Å². The third-order valence-corrected chi connectivity index (χ3v) is 4.72. The van der Waals surface area contributed by atoms with Crippen molar-refractivity contribution >= 4 is 23.4 Å². The quantitative estimate of drug-likeness (QED) is 0.894. The topological polar surface area (TPSA) is 49.3 Å². The molecular formula is C15H21NO2S. The number of aryl methyl sites for hydroxylation is 2. The average Bonchev–Trinajstić information content (AvgIpc) is 2.41. The molecule has 104 valence electrons. The summed E-state index contributed by atoms with van der Waals surface area (Å²) in [4.78, 5) is 12.2. The Balaban J connectivity index is 2.10. The van der Waals surface area contributed by atoms with Crippen LogP contribution in [0.1, 0.15) is 30.9 Å². The predicted molar refractivity (Wildman–Crippen MR) is 80.7 cm³/mol. The van der Waals surface area contributed by atoms with Gasteiger partial charge in [-0.2, -0.15) is 11.8 Å². The van der Waals surface area contributed by atoms with Crippen molar-refractivity contribution < 1.29 is 9.90 Å². The van der Waals surface area contributed by atoms with Crippen molar-refractivity contribution in [1.29, 1.82) is 0 Å². The van der Waals surface area contributed by atoms with Gasteiger partial charge in [-0.25, -0.2) is 0 Å². The second-order valence-corrected chi connectivity index (χ2v) is 6.32. The van der Waals surface area contributed by atoms with Gasteiger partial charge in [-0.05, 0) is 61.0 Å². The van der Waals surface area contributed by atoms with Gasteiger partial charge in [0.2, 0.25) is 0 Å². The van der Waals surface area contributed by atoms with Crippen LogP contribution in [0.15, 0.2) is 18.2 Å². The lowest BCUT2D eigenvalue weighted by molar-refractivity contribution is -0.134. The number of nitrogens with one attached hydrogen (secondary N) is 1. The Kier molecular flexibility index (Phi) is 4.53. The van der Waals surface area contributed by atoms with E-state index in [2.05, 4.69) is 19.2 Å². The molecule has 1 aliphatic heterocycles. The fourth-order valence-corrected chi connectivity index (χ4v) is 3.48. The molecule has 0 unspecified atom stereocenters. The molecule has 3 nitrogen and oxygen atoms in total. The summed E-state index contributed by atoms with van der Waals surface area (Å²) >= 11 is 1.79. The number of aliphatic hydroxyl groups is 1. The molecule has 0 bridgehead atoms. The van der Waals surface area contributed by atoms with Crippen molar-refractivity contribution in [2.45, 2.75) is 38.7 Å². The maximum Gasteiger partial charge on any atom is 0.256 e. The van der Waals surface area contributed by atoms with Gasteiger partial charge in [0, 0.05) is 5.69 Å². The van der Waals surface area contributed by atoms with Crippen molar-refractivity contribution in [2.75, 3.05) is 16.8 Å². The number of hydrogen-bond donors (Lipinski definition) is 2. The Morgan fingerprint density at radius 1 is 1.42 bits per heavy atom. The highest BCUT2D eigenvalue weighted by Crippen LogP contribution is 2.28. The molecule has 1 fully saturated rings. The van der Waals surface area contributed by atoms with E-state index >= 15 is 0 Å². The van der Waals surface area contributed by atoms with Crippen LogP contribution in [0, 0.1) is 6.92 Å². The first-order valence-corrected chi connectivity index (χ1v) is 7.92. The monoisotopic (exact) mass is 279 g/mol. The highest BCUT2D eigenvalue weighted by molar-refractivity contribution is 7.99. The number of amides is 1. The first-order chi connectivity index (χ1) is 9.05. The molecule has 2 rings (SSSR count). The Bertz CT molecular complexity index is 467. The van der Waals surface area contributed by atoms with E-state index in [1.807, 2.05) is 18.2 Å². The number of carbonyl (C=O) groups excluding carboxylic acids is 1. The molecule has 0 atom stereocenters. The van der Waals surface area contributed by atoms with E-state index in [1.54, 1.807) is 11.8 Å². The van der Waals surface area contributed by atoms with Crippen LogP contribution in [0.5, 0.6) is 0 Å². The van der Waals surface area contributed by atoms with Crippen LogP contribution in [0.2, 0.25) is 0 Å². The van der Waals surface area contributed by atoms with Gasteiger partial charge >= 0.3 is 0 Å². The number of carbonyl (C=O) groups is 1. The zero-order chi connectivity index (χ0) is 13.9. The van der Waals surface area contributed by atoms with Gasteiger partial charge in [0.25, 0.3) is 5.91 Å². The predicted octanol–water partition coefficient (Wildman–Crippen LogP) is 2.75. The molecule has 1 saturated heterocycles. The summed E-state index contributed by atoms with van der Waals surface area (Å²) in [6.07, 6.45) is 2.02. The van der Waals surface area contributed by atoms with Crippen molar-refractivity contribution in [3.05, 3.63) is 29.3 Å². The number of hydrogen-bond acceptors (Lipinski definition) is 3. The van der Waals surface area contributed by atoms with E-state index < -0.39 is 5.60 Å². The largest absolute Gasteiger partial charge is 0.380 e. The molecular weight excluding hydrogens is 258 g/mol. The van der Waals surface area contributed by atoms with Crippen LogP contribution < -0.4 is 5.32 Å². The molecule has 0 spiro atoms. The number of anilines is 1. The third-order valence-electron chi connectivity index (χ3n) is 3.73. The fourth-order valence-electron chi connectivity index (χ4n) is 2.31. The summed E-state index contributed by atoms with van der Waals surface area (Å²) in [5, 5.41) is 13.2. The number of rotatable bonds is 3. The van der Waals surface area contributed by atoms with E-state index in [9.17, 15) is 9.90 Å². The van der Waals surface area contributed by atoms with Gasteiger partial charge in [-0.3, -0.25) is 4.79 Å². The fraction of sp³-hybridized carbons (Fsp3) is 0.533. The third kappa shape index (κ3) is 3.31. The van der Waals surface area contributed by atoms with Gasteiger partial charge in [-0.15, -0.1) is 0 Å². The maximum atomic E-state index is 12.2. The minimum Gasteiger partial charge on any atom is -0.380 e. The van der Waals surface area contributed by atoms with Gasteiger partial charge in [0.05, 0.1) is 0 Å². The van der Waals surface area contributed by atoms with Crippen molar-refractivity contribution in [3.63, 3.8) is 0 Å². The smallest absolute Gasteiger partial charge is 0.256 e. The highest BCUT2D eigenvalue weighted by Gasteiger charge is 2.37. The number of benzene rings is 1. The summed E-state index contributed by atoms with van der Waals surface area (Å²) in [7, 11) is 0. The zero-order valence-electron chi connectivity index (χ0n) is 11.5. The molecule has 0 saturated carbocycles. The Morgan fingerprint density at radius 3 is 2.74 bits per heavy atom. The summed E-state index contributed by atoms with van der Waals surface area (Å²) in [6.45, 7) is 4.16. The van der Waals surface area contributed by atoms with Crippen molar-refractivity contribution in [3.8, 4) is 0 Å². The Morgan fingerprint density at radius 2 is 2.11 bits per heavy atom. The van der Waals surface area contributed by atoms with Gasteiger partial charge in [0.15, 0.2) is 0 Å². The molecule has 1 aromatic carbocycles. The van der Waals surface area contributed by atoms with Gasteiger partial charge in [0.1, 0.15) is 5.60 Å². The molecule has 1 aliphatic rings. The van der Waals surface area contributed by atoms with Gasteiger partial charge < -0.3 is 10.4 Å². The van der Waals surface area contributed by atoms with E-state index in [1.165, 1.54) is 11.1 Å². The Labute approximate surface area is 118 Å². The molecule has 0 radical (unpaired) electrons. The first kappa shape index (κ1) is 14.4. The SMILES string of the molecule is CCc1cc(NC(=O)C2(O)CCSCC2)ccc1C. The van der Waals surface area contributed by atoms with E-state index in [4.69, 9.17) is 0 Å². The first-order valence-electron chi connectivity index (χ1n) is 6.76. The molecule has 19 heavy (non-hydrogen) atoms. The molecule has 0 aliphatic carbocycles. The lowest BCUT2D eigenvalue weighted by atomic mass is 9.95. The van der Waals surface area contributed by atoms with Crippen molar-refractivity contribution in [2.24, 2.45) is 0 Å². The zero-order valence-corrected chi connectivity index (χ0v) is 12.3. The van der Waals surface area contributed by atoms with Crippen LogP contribution in [0.3, 0.4) is 0 Å². The minimum atomic E-state index is -1.19. The second kappa shape index (κ2) is 5.97. The highest BCUT2D eigenvalue weighted by atomic mass is 32.2. The molecule has 1 amide bonds. The summed E-state index contributed by atoms with van der Waals surface area (Å²) in [6, 6.07) is 5.90. The maximum absolute atomic E-state index is 12.2. The Hall–Kier alpha value is -1.00. The van der Waals surface area contributed by atoms with Crippen LogP contribution in [-0.4, -0.2) is 28.1 Å². The van der Waals surface area contributed by atoms with Crippen LogP contribution in [0.25, 0.3) is 0 Å². The molecule has 1 heterocycles. The van der Waals surface area contributed by atoms with E-state index in [-0.39, 0.29) is 5.91 Å². The number of thioether (sulfide) groups is 1. The van der Waals surface area contributed by atoms with E-state index in [0.29, 0.717) is 12.8 Å². The molecule has 0 aromatic heterocycles. The lowest BCUT2D eigenvalue weighted by Gasteiger charge is -2.30. The van der Waals surface area contributed by atoms with Crippen LogP contribution in [-0.2, 0) is 11.2 Å². The van der Waals surface area contributed by atoms with Gasteiger partial charge in [-0.1, -0.05) is 13.0 Å². The normalized spacial score (nSPS) is 18.1. The molecule has 4 heteroatoms. The average molecular weight is 279 g/mol. The lowest BCUT2D eigenvalue weighted by Crippen LogP contribution is -2.45. The van der Waals surface area contributed by atoms with Crippen molar-refractivity contribution in [1.82, 2.24) is 0 Å². The van der Waals surface area contributed by atoms with E-state index in [0.717, 1.165) is 23.6 Å². The standard InChI is InChI=1S/C15H21NO2S/c1-3-12-10-13(5-4-11(12)2)16-14(17)15(18)6-8-19-9-7-15/h4-5,10,18H,3,6-9H2,1-2H3,(H,16,17). The minimum absolute atomic E-state index is 0.265.